The molecule has 3 aromatic rings. The Labute approximate surface area is 172 Å². The fourth-order valence-electron chi connectivity index (χ4n) is 3.57. The van der Waals surface area contributed by atoms with Gasteiger partial charge in [-0.1, -0.05) is 0 Å². The molecule has 3 aromatic carbocycles. The van der Waals surface area contributed by atoms with Crippen LogP contribution in [0.4, 0.5) is 35.1 Å². The van der Waals surface area contributed by atoms with Crippen molar-refractivity contribution in [3.63, 3.8) is 0 Å². The molecule has 0 saturated heterocycles. The van der Waals surface area contributed by atoms with Crippen molar-refractivity contribution in [3.05, 3.63) is 81.9 Å². The molecular weight excluding hydrogens is 431 g/mol. The second kappa shape index (κ2) is 8.24. The van der Waals surface area contributed by atoms with E-state index in [9.17, 15) is 30.7 Å². The highest BCUT2D eigenvalue weighted by Crippen LogP contribution is 2.21. The molecule has 0 spiro atoms. The van der Waals surface area contributed by atoms with Gasteiger partial charge in [0.25, 0.3) is 6.71 Å². The molecule has 1 nitrogen and oxygen atoms in total. The standard InChI is InChI=1S/C21H13BF8O/c1-8-16(11(24)6-13(26)19(8)28)22(17-9(2)20(29)14(27)7-12(17)25)18-10(23)4-5-15(31-3)21(18)30/h4-7H,1-3H3. The van der Waals surface area contributed by atoms with Gasteiger partial charge in [0.2, 0.25) is 0 Å². The monoisotopic (exact) mass is 444 g/mol. The minimum absolute atomic E-state index is 0.119. The summed E-state index contributed by atoms with van der Waals surface area (Å²) in [6, 6.07) is 1.86. The van der Waals surface area contributed by atoms with E-state index in [1.165, 1.54) is 0 Å². The Bertz CT molecular complexity index is 1130. The number of hydrogen-bond acceptors (Lipinski definition) is 1. The van der Waals surface area contributed by atoms with Gasteiger partial charge in [-0.05, 0) is 48.0 Å². The summed E-state index contributed by atoms with van der Waals surface area (Å²) in [6.07, 6.45) is 0. The van der Waals surface area contributed by atoms with E-state index in [1.807, 2.05) is 0 Å². The molecule has 0 bridgehead atoms. The molecule has 3 rings (SSSR count). The number of halogens is 8. The largest absolute Gasteiger partial charge is 0.494 e. The lowest BCUT2D eigenvalue weighted by atomic mass is 9.35. The van der Waals surface area contributed by atoms with Gasteiger partial charge in [0.1, 0.15) is 17.5 Å². The second-order valence-corrected chi connectivity index (χ2v) is 6.80. The molecule has 0 aliphatic carbocycles. The topological polar surface area (TPSA) is 9.23 Å². The first-order chi connectivity index (χ1) is 14.5. The summed E-state index contributed by atoms with van der Waals surface area (Å²) < 4.78 is 120. The maximum Gasteiger partial charge on any atom is 0.257 e. The van der Waals surface area contributed by atoms with Crippen molar-refractivity contribution < 1.29 is 39.9 Å². The van der Waals surface area contributed by atoms with Gasteiger partial charge in [0.05, 0.1) is 7.11 Å². The molecule has 162 valence electrons. The summed E-state index contributed by atoms with van der Waals surface area (Å²) in [5.41, 5.74) is -4.17. The minimum Gasteiger partial charge on any atom is -0.494 e. The molecule has 0 N–H and O–H groups in total. The molecule has 31 heavy (non-hydrogen) atoms. The van der Waals surface area contributed by atoms with Crippen LogP contribution in [0.2, 0.25) is 0 Å². The molecule has 0 saturated carbocycles. The maximum atomic E-state index is 15.1. The molecule has 0 amide bonds. The van der Waals surface area contributed by atoms with Crippen LogP contribution in [0.5, 0.6) is 5.75 Å². The van der Waals surface area contributed by atoms with E-state index < -0.39 is 86.5 Å². The van der Waals surface area contributed by atoms with E-state index in [2.05, 4.69) is 0 Å². The number of rotatable bonds is 4. The van der Waals surface area contributed by atoms with Crippen LogP contribution in [-0.4, -0.2) is 13.8 Å². The summed E-state index contributed by atoms with van der Waals surface area (Å²) in [7, 11) is 1.04. The van der Waals surface area contributed by atoms with Gasteiger partial charge in [-0.3, -0.25) is 0 Å². The quantitative estimate of drug-likeness (QED) is 0.337. The van der Waals surface area contributed by atoms with Crippen LogP contribution in [0.15, 0.2) is 24.3 Å². The zero-order valence-corrected chi connectivity index (χ0v) is 16.3. The first-order valence-electron chi connectivity index (χ1n) is 8.81. The van der Waals surface area contributed by atoms with Crippen molar-refractivity contribution >= 4 is 23.1 Å². The average molecular weight is 444 g/mol. The molecule has 10 heteroatoms. The van der Waals surface area contributed by atoms with Gasteiger partial charge >= 0.3 is 0 Å². The molecule has 0 heterocycles. The van der Waals surface area contributed by atoms with E-state index in [1.54, 1.807) is 0 Å². The van der Waals surface area contributed by atoms with Crippen molar-refractivity contribution in [2.45, 2.75) is 13.8 Å². The van der Waals surface area contributed by atoms with E-state index in [4.69, 9.17) is 4.74 Å². The minimum atomic E-state index is -2.14. The predicted molar refractivity (Wildman–Crippen MR) is 99.7 cm³/mol. The molecule has 0 radical (unpaired) electrons. The Morgan fingerprint density at radius 2 is 1.03 bits per heavy atom. The first kappa shape index (κ1) is 22.6. The molecule has 0 aliphatic heterocycles. The SMILES string of the molecule is COc1ccc(F)c(B(c2c(F)cc(F)c(F)c2C)c2c(F)cc(F)c(F)c2C)c1F. The van der Waals surface area contributed by atoms with Gasteiger partial charge in [-0.25, -0.2) is 35.1 Å². The Morgan fingerprint density at radius 1 is 0.581 bits per heavy atom. The van der Waals surface area contributed by atoms with Crippen LogP contribution in [-0.2, 0) is 0 Å². The maximum absolute atomic E-state index is 15.1. The van der Waals surface area contributed by atoms with Crippen LogP contribution >= 0.6 is 0 Å². The van der Waals surface area contributed by atoms with E-state index in [-0.39, 0.29) is 12.1 Å². The van der Waals surface area contributed by atoms with Crippen LogP contribution in [0.3, 0.4) is 0 Å². The van der Waals surface area contributed by atoms with Crippen LogP contribution in [0.1, 0.15) is 11.1 Å². The lowest BCUT2D eigenvalue weighted by Crippen LogP contribution is -2.59. The van der Waals surface area contributed by atoms with Crippen molar-refractivity contribution in [1.82, 2.24) is 0 Å². The fraction of sp³-hybridized carbons (Fsp3) is 0.143. The first-order valence-corrected chi connectivity index (χ1v) is 8.81. The molecule has 0 aromatic heterocycles. The highest BCUT2D eigenvalue weighted by atomic mass is 19.2. The fourth-order valence-corrected chi connectivity index (χ4v) is 3.57. The Balaban J connectivity index is 2.54. The van der Waals surface area contributed by atoms with Gasteiger partial charge in [-0.15, -0.1) is 0 Å². The van der Waals surface area contributed by atoms with E-state index in [0.717, 1.165) is 33.1 Å². The van der Waals surface area contributed by atoms with Crippen molar-refractivity contribution in [1.29, 1.82) is 0 Å². The highest BCUT2D eigenvalue weighted by molar-refractivity contribution is 6.96. The zero-order valence-electron chi connectivity index (χ0n) is 16.3. The van der Waals surface area contributed by atoms with E-state index >= 15 is 4.39 Å². The average Bonchev–Trinajstić information content (AvgIpc) is 2.70. The summed E-state index contributed by atoms with van der Waals surface area (Å²) in [6.45, 7) is -0.319. The molecule has 0 unspecified atom stereocenters. The smallest absolute Gasteiger partial charge is 0.257 e. The summed E-state index contributed by atoms with van der Waals surface area (Å²) >= 11 is 0. The van der Waals surface area contributed by atoms with Crippen molar-refractivity contribution in [2.24, 2.45) is 0 Å². The van der Waals surface area contributed by atoms with Crippen LogP contribution in [0, 0.1) is 60.4 Å². The Morgan fingerprint density at radius 3 is 1.45 bits per heavy atom. The summed E-state index contributed by atoms with van der Waals surface area (Å²) in [4.78, 5) is 0. The Hall–Kier alpha value is -3.04. The molecule has 0 fully saturated rings. The number of hydrogen-bond donors (Lipinski definition) is 0. The lowest BCUT2D eigenvalue weighted by Gasteiger charge is -2.23. The van der Waals surface area contributed by atoms with Crippen LogP contribution < -0.4 is 21.1 Å². The third-order valence-corrected chi connectivity index (χ3v) is 5.08. The van der Waals surface area contributed by atoms with E-state index in [0.29, 0.717) is 0 Å². The normalized spacial score (nSPS) is 11.1. The molecular formula is C21H13BF8O. The number of ether oxygens (including phenoxy) is 1. The summed E-state index contributed by atoms with van der Waals surface area (Å²) in [5.74, 6) is -12.5. The van der Waals surface area contributed by atoms with Gasteiger partial charge in [0, 0.05) is 17.6 Å². The molecule has 0 aliphatic rings. The van der Waals surface area contributed by atoms with Crippen molar-refractivity contribution in [2.75, 3.05) is 7.11 Å². The van der Waals surface area contributed by atoms with Gasteiger partial charge < -0.3 is 4.74 Å². The number of methoxy groups -OCH3 is 1. The summed E-state index contributed by atoms with van der Waals surface area (Å²) in [5, 5.41) is 0. The predicted octanol–water partition coefficient (Wildman–Crippen LogP) is 3.94. The van der Waals surface area contributed by atoms with Gasteiger partial charge in [-0.2, -0.15) is 0 Å². The third kappa shape index (κ3) is 3.64. The van der Waals surface area contributed by atoms with Crippen molar-refractivity contribution in [3.8, 4) is 5.75 Å². The molecule has 0 atom stereocenters. The zero-order chi connectivity index (χ0) is 23.2. The second-order valence-electron chi connectivity index (χ2n) is 6.80. The van der Waals surface area contributed by atoms with Crippen LogP contribution in [0.25, 0.3) is 0 Å². The third-order valence-electron chi connectivity index (χ3n) is 5.08. The number of benzene rings is 3. The highest BCUT2D eigenvalue weighted by Gasteiger charge is 2.38. The Kier molecular flexibility index (Phi) is 6.02. The lowest BCUT2D eigenvalue weighted by molar-refractivity contribution is 0.386. The van der Waals surface area contributed by atoms with Gasteiger partial charge in [0.15, 0.2) is 34.8 Å².